The van der Waals surface area contributed by atoms with Gasteiger partial charge in [0.2, 0.25) is 5.82 Å². The van der Waals surface area contributed by atoms with Gasteiger partial charge in [-0.05, 0) is 25.2 Å². The Kier molecular flexibility index (Phi) is 2.94. The first-order valence-electron chi connectivity index (χ1n) is 5.76. The Labute approximate surface area is 95.2 Å². The molecule has 16 heavy (non-hydrogen) atoms. The molecule has 1 fully saturated rings. The van der Waals surface area contributed by atoms with Gasteiger partial charge in [0.1, 0.15) is 6.33 Å². The summed E-state index contributed by atoms with van der Waals surface area (Å²) in [5.74, 6) is 1.39. The summed E-state index contributed by atoms with van der Waals surface area (Å²) in [6.07, 6.45) is 2.55. The molecular weight excluding hydrogens is 204 g/mol. The molecule has 1 amide bonds. The molecule has 1 aliphatic heterocycles. The summed E-state index contributed by atoms with van der Waals surface area (Å²) in [6.45, 7) is 7.29. The van der Waals surface area contributed by atoms with Crippen LogP contribution in [0.4, 0.5) is 0 Å². The van der Waals surface area contributed by atoms with E-state index in [0.717, 1.165) is 6.54 Å². The molecule has 0 aliphatic carbocycles. The van der Waals surface area contributed by atoms with Crippen LogP contribution in [0, 0.1) is 11.8 Å². The predicted molar refractivity (Wildman–Crippen MR) is 59.8 cm³/mol. The molecule has 5 heteroatoms. The highest BCUT2D eigenvalue weighted by molar-refractivity contribution is 5.90. The Morgan fingerprint density at radius 1 is 1.50 bits per heavy atom. The van der Waals surface area contributed by atoms with Gasteiger partial charge in [-0.2, -0.15) is 5.10 Å². The number of aromatic amines is 1. The monoisotopic (exact) mass is 222 g/mol. The van der Waals surface area contributed by atoms with E-state index in [1.165, 1.54) is 12.7 Å². The number of amides is 1. The van der Waals surface area contributed by atoms with Crippen molar-refractivity contribution in [3.05, 3.63) is 12.2 Å². The Hall–Kier alpha value is -1.39. The largest absolute Gasteiger partial charge is 0.333 e. The van der Waals surface area contributed by atoms with Crippen molar-refractivity contribution in [1.29, 1.82) is 0 Å². The molecule has 2 heterocycles. The highest BCUT2D eigenvalue weighted by Gasteiger charge is 2.33. The summed E-state index contributed by atoms with van der Waals surface area (Å²) in [5, 5.41) is 6.35. The van der Waals surface area contributed by atoms with Crippen molar-refractivity contribution in [3.8, 4) is 0 Å². The summed E-state index contributed by atoms with van der Waals surface area (Å²) >= 11 is 0. The predicted octanol–water partition coefficient (Wildman–Crippen LogP) is 1.31. The van der Waals surface area contributed by atoms with Gasteiger partial charge >= 0.3 is 0 Å². The lowest BCUT2D eigenvalue weighted by Crippen LogP contribution is -2.49. The number of H-pyrrole nitrogens is 1. The Balaban J connectivity index is 2.16. The number of hydrogen-bond acceptors (Lipinski definition) is 3. The second-order valence-corrected chi connectivity index (χ2v) is 4.85. The molecule has 2 rings (SSSR count). The third-order valence-corrected chi connectivity index (χ3v) is 3.48. The van der Waals surface area contributed by atoms with Crippen molar-refractivity contribution in [1.82, 2.24) is 20.1 Å². The van der Waals surface area contributed by atoms with Gasteiger partial charge in [0.25, 0.3) is 5.91 Å². The summed E-state index contributed by atoms with van der Waals surface area (Å²) < 4.78 is 0. The van der Waals surface area contributed by atoms with Crippen molar-refractivity contribution >= 4 is 5.91 Å². The molecule has 0 spiro atoms. The Morgan fingerprint density at radius 2 is 2.25 bits per heavy atom. The van der Waals surface area contributed by atoms with Crippen LogP contribution in [0.5, 0.6) is 0 Å². The highest BCUT2D eigenvalue weighted by Crippen LogP contribution is 2.27. The molecule has 1 aromatic heterocycles. The van der Waals surface area contributed by atoms with Gasteiger partial charge in [0.05, 0.1) is 0 Å². The maximum Gasteiger partial charge on any atom is 0.291 e. The standard InChI is InChI=1S/C11H18N4O/c1-7-4-8(2)9(3)15(5-7)11(16)10-12-6-13-14-10/h6-9H,4-5H2,1-3H3,(H,12,13,14). The maximum atomic E-state index is 12.2. The lowest BCUT2D eigenvalue weighted by molar-refractivity contribution is 0.0444. The van der Waals surface area contributed by atoms with Crippen LogP contribution in [0.25, 0.3) is 0 Å². The molecule has 0 aromatic carbocycles. The summed E-state index contributed by atoms with van der Waals surface area (Å²) in [6, 6.07) is 0.272. The zero-order valence-corrected chi connectivity index (χ0v) is 9.97. The third-order valence-electron chi connectivity index (χ3n) is 3.48. The minimum atomic E-state index is -0.0385. The second kappa shape index (κ2) is 4.23. The lowest BCUT2D eigenvalue weighted by atomic mass is 9.86. The van der Waals surface area contributed by atoms with Gasteiger partial charge < -0.3 is 4.90 Å². The zero-order chi connectivity index (χ0) is 11.7. The molecule has 0 radical (unpaired) electrons. The average Bonchev–Trinajstić information content (AvgIpc) is 2.75. The van der Waals surface area contributed by atoms with Crippen molar-refractivity contribution in [2.45, 2.75) is 33.2 Å². The number of nitrogens with one attached hydrogen (secondary N) is 1. The minimum absolute atomic E-state index is 0.0385. The van der Waals surface area contributed by atoms with Crippen LogP contribution >= 0.6 is 0 Å². The van der Waals surface area contributed by atoms with E-state index in [0.29, 0.717) is 17.7 Å². The van der Waals surface area contributed by atoms with Crippen molar-refractivity contribution < 1.29 is 4.79 Å². The number of carbonyl (C=O) groups excluding carboxylic acids is 1. The fourth-order valence-electron chi connectivity index (χ4n) is 2.43. The molecule has 1 saturated heterocycles. The van der Waals surface area contributed by atoms with Crippen LogP contribution in [0.2, 0.25) is 0 Å². The molecule has 0 saturated carbocycles. The number of nitrogens with zero attached hydrogens (tertiary/aromatic N) is 3. The molecule has 1 N–H and O–H groups in total. The van der Waals surface area contributed by atoms with Gasteiger partial charge in [0, 0.05) is 12.6 Å². The second-order valence-electron chi connectivity index (χ2n) is 4.85. The van der Waals surface area contributed by atoms with Crippen molar-refractivity contribution in [2.75, 3.05) is 6.54 Å². The summed E-state index contributed by atoms with van der Waals surface area (Å²) in [5.41, 5.74) is 0. The molecule has 1 aliphatic rings. The van der Waals surface area contributed by atoms with E-state index in [2.05, 4.69) is 36.0 Å². The normalized spacial score (nSPS) is 30.4. The number of aromatic nitrogens is 3. The van der Waals surface area contributed by atoms with Gasteiger partial charge in [-0.3, -0.25) is 9.89 Å². The van der Waals surface area contributed by atoms with Gasteiger partial charge in [-0.25, -0.2) is 4.98 Å². The molecular formula is C11H18N4O. The quantitative estimate of drug-likeness (QED) is 0.779. The molecule has 3 unspecified atom stereocenters. The average molecular weight is 222 g/mol. The van der Waals surface area contributed by atoms with E-state index in [-0.39, 0.29) is 11.9 Å². The molecule has 0 bridgehead atoms. The first kappa shape index (κ1) is 11.1. The number of carbonyl (C=O) groups is 1. The minimum Gasteiger partial charge on any atom is -0.333 e. The lowest BCUT2D eigenvalue weighted by Gasteiger charge is -2.40. The Morgan fingerprint density at radius 3 is 2.88 bits per heavy atom. The van der Waals surface area contributed by atoms with E-state index < -0.39 is 0 Å². The molecule has 1 aromatic rings. The number of rotatable bonds is 1. The van der Waals surface area contributed by atoms with E-state index in [9.17, 15) is 4.79 Å². The summed E-state index contributed by atoms with van der Waals surface area (Å²) in [7, 11) is 0. The van der Waals surface area contributed by atoms with Gasteiger partial charge in [0.15, 0.2) is 0 Å². The zero-order valence-electron chi connectivity index (χ0n) is 9.97. The topological polar surface area (TPSA) is 61.9 Å². The van der Waals surface area contributed by atoms with E-state index in [1.54, 1.807) is 0 Å². The molecule has 5 nitrogen and oxygen atoms in total. The van der Waals surface area contributed by atoms with Crippen LogP contribution in [-0.2, 0) is 0 Å². The number of hydrogen-bond donors (Lipinski definition) is 1. The van der Waals surface area contributed by atoms with Crippen LogP contribution in [-0.4, -0.2) is 38.6 Å². The van der Waals surface area contributed by atoms with E-state index in [1.807, 2.05) is 4.90 Å². The number of likely N-dealkylation sites (tertiary alicyclic amines) is 1. The van der Waals surface area contributed by atoms with Crippen molar-refractivity contribution in [3.63, 3.8) is 0 Å². The first-order chi connectivity index (χ1) is 7.59. The summed E-state index contributed by atoms with van der Waals surface area (Å²) in [4.78, 5) is 18.0. The first-order valence-corrected chi connectivity index (χ1v) is 5.76. The SMILES string of the molecule is CC1CC(C)C(C)N(C(=O)c2ncn[nH]2)C1. The van der Waals surface area contributed by atoms with Crippen molar-refractivity contribution in [2.24, 2.45) is 11.8 Å². The van der Waals surface area contributed by atoms with E-state index in [4.69, 9.17) is 0 Å². The van der Waals surface area contributed by atoms with Crippen LogP contribution in [0.15, 0.2) is 6.33 Å². The smallest absolute Gasteiger partial charge is 0.291 e. The third kappa shape index (κ3) is 1.94. The molecule has 88 valence electrons. The van der Waals surface area contributed by atoms with Gasteiger partial charge in [-0.1, -0.05) is 13.8 Å². The molecule has 3 atom stereocenters. The number of piperidine rings is 1. The van der Waals surface area contributed by atoms with Crippen LogP contribution in [0.1, 0.15) is 37.8 Å². The van der Waals surface area contributed by atoms with E-state index >= 15 is 0 Å². The highest BCUT2D eigenvalue weighted by atomic mass is 16.2. The van der Waals surface area contributed by atoms with Gasteiger partial charge in [-0.15, -0.1) is 0 Å². The Bertz CT molecular complexity index is 362. The maximum absolute atomic E-state index is 12.2. The fraction of sp³-hybridized carbons (Fsp3) is 0.727. The fourth-order valence-corrected chi connectivity index (χ4v) is 2.43. The van der Waals surface area contributed by atoms with Crippen LogP contribution in [0.3, 0.4) is 0 Å². The van der Waals surface area contributed by atoms with Crippen LogP contribution < -0.4 is 0 Å².